The molecule has 0 bridgehead atoms. The van der Waals surface area contributed by atoms with Crippen molar-refractivity contribution in [2.24, 2.45) is 0 Å². The number of rotatable bonds is 5. The Balaban J connectivity index is -0.0000000951. The molecule has 0 aromatic carbocycles. The number of carboxylic acids is 4. The zero-order valence-corrected chi connectivity index (χ0v) is 10.9. The van der Waals surface area contributed by atoms with Crippen LogP contribution in [0.2, 0.25) is 0 Å². The third-order valence-electron chi connectivity index (χ3n) is 1.29. The topological polar surface area (TPSA) is 169 Å². The first-order valence-electron chi connectivity index (χ1n) is 4.10. The molecule has 0 aromatic heterocycles. The summed E-state index contributed by atoms with van der Waals surface area (Å²) in [6.07, 6.45) is -2.29. The maximum atomic E-state index is 10.3. The fourth-order valence-corrected chi connectivity index (χ4v) is 0.714. The van der Waals surface area contributed by atoms with E-state index in [2.05, 4.69) is 0 Å². The third-order valence-corrected chi connectivity index (χ3v) is 1.29. The van der Waals surface area contributed by atoms with E-state index in [1.807, 2.05) is 0 Å². The van der Waals surface area contributed by atoms with Gasteiger partial charge in [-0.3, -0.25) is 14.4 Å². The fourth-order valence-electron chi connectivity index (χ4n) is 0.714. The molecule has 0 saturated heterocycles. The predicted molar refractivity (Wildman–Crippen MR) is 58.4 cm³/mol. The van der Waals surface area contributed by atoms with E-state index in [-0.39, 0.29) is 25.9 Å². The van der Waals surface area contributed by atoms with Gasteiger partial charge in [0.25, 0.3) is 5.97 Å². The van der Waals surface area contributed by atoms with Crippen molar-refractivity contribution in [2.45, 2.75) is 25.4 Å². The smallest absolute Gasteiger partial charge is 1.00 e. The molecule has 0 aliphatic rings. The van der Waals surface area contributed by atoms with Crippen LogP contribution in [-0.4, -0.2) is 78.1 Å². The van der Waals surface area contributed by atoms with Gasteiger partial charge in [0.2, 0.25) is 0 Å². The van der Waals surface area contributed by atoms with Gasteiger partial charge in [0.1, 0.15) is 0 Å². The van der Waals surface area contributed by atoms with Gasteiger partial charge in [-0.05, 0) is 0 Å². The minimum Gasteiger partial charge on any atom is -1.00 e. The molecule has 0 fully saturated rings. The molecule has 5 N–H and O–H groups in total. The van der Waals surface area contributed by atoms with Crippen LogP contribution in [0.3, 0.4) is 0 Å². The summed E-state index contributed by atoms with van der Waals surface area (Å²) in [5, 5.41) is 41.2. The van der Waals surface area contributed by atoms with Crippen molar-refractivity contribution in [1.82, 2.24) is 0 Å². The SMILES string of the molecule is CC(=O)O.O=C(O)CC(O)(CC(=O)O)C(=O)O.[H-].[H-].[Mg+2]. The first kappa shape index (κ1) is 21.8. The van der Waals surface area contributed by atoms with Crippen molar-refractivity contribution >= 4 is 46.9 Å². The van der Waals surface area contributed by atoms with Gasteiger partial charge in [-0.25, -0.2) is 4.79 Å². The summed E-state index contributed by atoms with van der Waals surface area (Å²) >= 11 is 0. The molecule has 0 amide bonds. The van der Waals surface area contributed by atoms with Crippen molar-refractivity contribution in [3.63, 3.8) is 0 Å². The van der Waals surface area contributed by atoms with Crippen LogP contribution < -0.4 is 0 Å². The molecular formula is C8H14MgO9. The van der Waals surface area contributed by atoms with E-state index in [1.165, 1.54) is 0 Å². The Kier molecular flexibility index (Phi) is 11.7. The molecular weight excluding hydrogens is 264 g/mol. The summed E-state index contributed by atoms with van der Waals surface area (Å²) in [6.45, 7) is 1.08. The largest absolute Gasteiger partial charge is 2.00 e. The van der Waals surface area contributed by atoms with Crippen molar-refractivity contribution in [1.29, 1.82) is 0 Å². The van der Waals surface area contributed by atoms with E-state index in [9.17, 15) is 14.4 Å². The molecule has 10 heteroatoms. The Labute approximate surface area is 120 Å². The molecule has 0 rings (SSSR count). The Morgan fingerprint density at radius 3 is 1.28 bits per heavy atom. The Bertz CT molecular complexity index is 314. The molecule has 0 radical (unpaired) electrons. The van der Waals surface area contributed by atoms with Crippen molar-refractivity contribution in [3.05, 3.63) is 0 Å². The predicted octanol–water partition coefficient (Wildman–Crippen LogP) is -1.31. The summed E-state index contributed by atoms with van der Waals surface area (Å²) in [5.41, 5.74) is -2.74. The van der Waals surface area contributed by atoms with Crippen molar-refractivity contribution < 1.29 is 47.6 Å². The Morgan fingerprint density at radius 1 is 0.944 bits per heavy atom. The average Bonchev–Trinajstić information content (AvgIpc) is 1.98. The zero-order chi connectivity index (χ0) is 14.2. The standard InChI is InChI=1S/C6H8O7.C2H4O2.Mg.2H/c7-3(8)1-6(13,5(11)12)2-4(9)10;1-2(3)4;;;/h13H,1-2H2,(H,7,8)(H,9,10)(H,11,12);1H3,(H,3,4);;;/q;;+2;2*-1. The minimum atomic E-state index is -2.74. The molecule has 18 heavy (non-hydrogen) atoms. The molecule has 0 spiro atoms. The summed E-state index contributed by atoms with van der Waals surface area (Å²) in [5.74, 6) is -5.85. The Hall–Kier alpha value is -1.39. The van der Waals surface area contributed by atoms with Crippen LogP contribution in [0.15, 0.2) is 0 Å². The number of hydrogen-bond donors (Lipinski definition) is 5. The van der Waals surface area contributed by atoms with Gasteiger partial charge in [-0.1, -0.05) is 0 Å². The summed E-state index contributed by atoms with van der Waals surface area (Å²) in [7, 11) is 0. The van der Waals surface area contributed by atoms with Gasteiger partial charge in [0.15, 0.2) is 5.60 Å². The zero-order valence-electron chi connectivity index (χ0n) is 11.5. The van der Waals surface area contributed by atoms with Gasteiger partial charge in [0.05, 0.1) is 12.8 Å². The van der Waals surface area contributed by atoms with E-state index in [0.717, 1.165) is 6.92 Å². The maximum Gasteiger partial charge on any atom is 2.00 e. The van der Waals surface area contributed by atoms with Gasteiger partial charge in [0, 0.05) is 6.92 Å². The monoisotopic (exact) mass is 278 g/mol. The maximum absolute atomic E-state index is 10.3. The number of carbonyl (C=O) groups is 4. The molecule has 0 aliphatic heterocycles. The van der Waals surface area contributed by atoms with Crippen LogP contribution in [0.25, 0.3) is 0 Å². The van der Waals surface area contributed by atoms with E-state index >= 15 is 0 Å². The normalized spacial score (nSPS) is 9.22. The molecule has 9 nitrogen and oxygen atoms in total. The van der Waals surface area contributed by atoms with Crippen molar-refractivity contribution in [2.75, 3.05) is 0 Å². The number of carboxylic acid groups (broad SMARTS) is 4. The van der Waals surface area contributed by atoms with Crippen LogP contribution >= 0.6 is 0 Å². The van der Waals surface area contributed by atoms with Crippen LogP contribution in [0.1, 0.15) is 22.6 Å². The first-order chi connectivity index (χ1) is 7.51. The third kappa shape index (κ3) is 12.7. The molecule has 102 valence electrons. The number of aliphatic hydroxyl groups is 1. The van der Waals surface area contributed by atoms with E-state index in [0.29, 0.717) is 0 Å². The van der Waals surface area contributed by atoms with Gasteiger partial charge in [-0.15, -0.1) is 0 Å². The summed E-state index contributed by atoms with van der Waals surface area (Å²) < 4.78 is 0. The summed E-state index contributed by atoms with van der Waals surface area (Å²) in [4.78, 5) is 39.5. The Morgan fingerprint density at radius 2 is 1.17 bits per heavy atom. The second-order valence-electron chi connectivity index (χ2n) is 3.00. The van der Waals surface area contributed by atoms with Crippen LogP contribution in [-0.2, 0) is 19.2 Å². The van der Waals surface area contributed by atoms with E-state index < -0.39 is 42.3 Å². The van der Waals surface area contributed by atoms with Crippen molar-refractivity contribution in [3.8, 4) is 0 Å². The molecule has 0 aliphatic carbocycles. The first-order valence-corrected chi connectivity index (χ1v) is 4.10. The van der Waals surface area contributed by atoms with Crippen LogP contribution in [0.5, 0.6) is 0 Å². The van der Waals surface area contributed by atoms with Gasteiger partial charge < -0.3 is 28.4 Å². The van der Waals surface area contributed by atoms with E-state index in [1.54, 1.807) is 0 Å². The molecule has 0 saturated carbocycles. The second-order valence-corrected chi connectivity index (χ2v) is 3.00. The number of hydrogen-bond acceptors (Lipinski definition) is 5. The van der Waals surface area contributed by atoms with Gasteiger partial charge in [-0.2, -0.15) is 0 Å². The average molecular weight is 278 g/mol. The molecule has 0 aromatic rings. The van der Waals surface area contributed by atoms with E-state index in [4.69, 9.17) is 30.3 Å². The second kappa shape index (κ2) is 9.62. The molecule has 0 atom stereocenters. The van der Waals surface area contributed by atoms with Crippen LogP contribution in [0.4, 0.5) is 0 Å². The quantitative estimate of drug-likeness (QED) is 0.383. The number of aliphatic carboxylic acids is 4. The minimum absolute atomic E-state index is 0. The van der Waals surface area contributed by atoms with Gasteiger partial charge >= 0.3 is 41.0 Å². The van der Waals surface area contributed by atoms with Crippen LogP contribution in [0, 0.1) is 0 Å². The summed E-state index contributed by atoms with van der Waals surface area (Å²) in [6, 6.07) is 0. The molecule has 0 heterocycles. The fraction of sp³-hybridized carbons (Fsp3) is 0.500. The molecule has 0 unspecified atom stereocenters.